The highest BCUT2D eigenvalue weighted by atomic mass is 32.2. The lowest BCUT2D eigenvalue weighted by molar-refractivity contribution is -0.384. The van der Waals surface area contributed by atoms with Gasteiger partial charge < -0.3 is 4.74 Å². The standard InChI is InChI=1S/C16H18N2O6S/c1-3-4-12-9-10-17(15(11-12)16(19)24-2)25(22,23)14-7-5-13(6-8-14)18(20)21/h3,5-10,12,15H,1,4,11H2,2H3/t12-,15+/m1/s1. The fourth-order valence-corrected chi connectivity index (χ4v) is 4.07. The molecule has 1 heterocycles. The number of carbonyl (C=O) groups is 1. The average Bonchev–Trinajstić information content (AvgIpc) is 2.61. The van der Waals surface area contributed by atoms with E-state index in [0.29, 0.717) is 6.42 Å². The van der Waals surface area contributed by atoms with Gasteiger partial charge >= 0.3 is 5.97 Å². The largest absolute Gasteiger partial charge is 0.467 e. The van der Waals surface area contributed by atoms with Gasteiger partial charge in [0.15, 0.2) is 0 Å². The molecular formula is C16H18N2O6S. The Morgan fingerprint density at radius 1 is 1.44 bits per heavy atom. The van der Waals surface area contributed by atoms with Gasteiger partial charge in [0.2, 0.25) is 0 Å². The quantitative estimate of drug-likeness (QED) is 0.331. The van der Waals surface area contributed by atoms with Crippen LogP contribution < -0.4 is 0 Å². The molecule has 1 aliphatic heterocycles. The smallest absolute Gasteiger partial charge is 0.329 e. The van der Waals surface area contributed by atoms with Crippen molar-refractivity contribution in [1.29, 1.82) is 0 Å². The highest BCUT2D eigenvalue weighted by Crippen LogP contribution is 2.30. The lowest BCUT2D eigenvalue weighted by atomic mass is 9.94. The van der Waals surface area contributed by atoms with E-state index in [1.807, 2.05) is 0 Å². The highest BCUT2D eigenvalue weighted by Gasteiger charge is 2.38. The molecule has 1 aliphatic rings. The molecule has 0 spiro atoms. The minimum atomic E-state index is -4.05. The molecule has 25 heavy (non-hydrogen) atoms. The second-order valence-electron chi connectivity index (χ2n) is 5.49. The van der Waals surface area contributed by atoms with E-state index in [0.717, 1.165) is 28.6 Å². The molecule has 0 aromatic heterocycles. The minimum absolute atomic E-state index is 0.0232. The molecule has 0 N–H and O–H groups in total. The first-order chi connectivity index (χ1) is 11.8. The van der Waals surface area contributed by atoms with E-state index in [1.165, 1.54) is 13.3 Å². The Morgan fingerprint density at radius 3 is 2.60 bits per heavy atom. The fourth-order valence-electron chi connectivity index (χ4n) is 2.61. The maximum Gasteiger partial charge on any atom is 0.329 e. The van der Waals surface area contributed by atoms with Crippen molar-refractivity contribution in [1.82, 2.24) is 4.31 Å². The van der Waals surface area contributed by atoms with Crippen LogP contribution >= 0.6 is 0 Å². The van der Waals surface area contributed by atoms with Crippen LogP contribution in [0.5, 0.6) is 0 Å². The molecule has 0 fully saturated rings. The summed E-state index contributed by atoms with van der Waals surface area (Å²) < 4.78 is 31.4. The van der Waals surface area contributed by atoms with E-state index in [1.54, 1.807) is 12.2 Å². The van der Waals surface area contributed by atoms with Crippen molar-refractivity contribution in [3.8, 4) is 0 Å². The van der Waals surface area contributed by atoms with Crippen molar-refractivity contribution in [3.63, 3.8) is 0 Å². The van der Waals surface area contributed by atoms with Gasteiger partial charge in [0.1, 0.15) is 6.04 Å². The van der Waals surface area contributed by atoms with Crippen LogP contribution in [-0.2, 0) is 19.6 Å². The number of methoxy groups -OCH3 is 1. The van der Waals surface area contributed by atoms with Crippen LogP contribution in [0.1, 0.15) is 12.8 Å². The number of ether oxygens (including phenoxy) is 1. The summed E-state index contributed by atoms with van der Waals surface area (Å²) in [7, 11) is -2.86. The zero-order chi connectivity index (χ0) is 18.6. The van der Waals surface area contributed by atoms with Gasteiger partial charge in [0.05, 0.1) is 16.9 Å². The van der Waals surface area contributed by atoms with Crippen molar-refractivity contribution >= 4 is 21.7 Å². The van der Waals surface area contributed by atoms with Gasteiger partial charge in [0.25, 0.3) is 15.7 Å². The maximum absolute atomic E-state index is 12.8. The predicted molar refractivity (Wildman–Crippen MR) is 90.0 cm³/mol. The monoisotopic (exact) mass is 366 g/mol. The van der Waals surface area contributed by atoms with E-state index in [2.05, 4.69) is 6.58 Å². The molecule has 9 heteroatoms. The number of nitro groups is 1. The number of carbonyl (C=O) groups excluding carboxylic acids is 1. The first-order valence-corrected chi connectivity index (χ1v) is 8.90. The number of esters is 1. The number of hydrogen-bond acceptors (Lipinski definition) is 6. The van der Waals surface area contributed by atoms with E-state index in [-0.39, 0.29) is 22.9 Å². The van der Waals surface area contributed by atoms with Crippen molar-refractivity contribution in [3.05, 3.63) is 59.3 Å². The molecule has 134 valence electrons. The number of hydrogen-bond donors (Lipinski definition) is 0. The van der Waals surface area contributed by atoms with Gasteiger partial charge in [-0.25, -0.2) is 13.2 Å². The highest BCUT2D eigenvalue weighted by molar-refractivity contribution is 7.89. The molecule has 1 aromatic rings. The summed E-state index contributed by atoms with van der Waals surface area (Å²) in [5.41, 5.74) is -0.219. The maximum atomic E-state index is 12.8. The third-order valence-corrected chi connectivity index (χ3v) is 5.70. The van der Waals surface area contributed by atoms with E-state index >= 15 is 0 Å². The summed E-state index contributed by atoms with van der Waals surface area (Å²) in [5, 5.41) is 10.7. The van der Waals surface area contributed by atoms with Gasteiger partial charge in [-0.1, -0.05) is 12.2 Å². The Balaban J connectivity index is 2.40. The average molecular weight is 366 g/mol. The summed E-state index contributed by atoms with van der Waals surface area (Å²) >= 11 is 0. The topological polar surface area (TPSA) is 107 Å². The molecule has 1 aromatic carbocycles. The third-order valence-electron chi connectivity index (χ3n) is 3.90. The Kier molecular flexibility index (Phi) is 5.58. The number of nitrogens with zero attached hydrogens (tertiary/aromatic N) is 2. The second kappa shape index (κ2) is 7.47. The molecule has 0 bridgehead atoms. The normalized spacial score (nSPS) is 20.1. The van der Waals surface area contributed by atoms with Gasteiger partial charge in [0, 0.05) is 18.3 Å². The Labute approximate surface area is 145 Å². The number of allylic oxidation sites excluding steroid dienone is 2. The van der Waals surface area contributed by atoms with Crippen molar-refractivity contribution < 1.29 is 22.9 Å². The lowest BCUT2D eigenvalue weighted by Gasteiger charge is -2.33. The van der Waals surface area contributed by atoms with Crippen LogP contribution in [0.25, 0.3) is 0 Å². The zero-order valence-corrected chi connectivity index (χ0v) is 14.4. The second-order valence-corrected chi connectivity index (χ2v) is 7.33. The molecule has 8 nitrogen and oxygen atoms in total. The van der Waals surface area contributed by atoms with Crippen molar-refractivity contribution in [2.75, 3.05) is 7.11 Å². The van der Waals surface area contributed by atoms with Gasteiger partial charge in [-0.05, 0) is 30.9 Å². The zero-order valence-electron chi connectivity index (χ0n) is 13.6. The Bertz CT molecular complexity index is 800. The first-order valence-electron chi connectivity index (χ1n) is 7.46. The fraction of sp³-hybridized carbons (Fsp3) is 0.312. The van der Waals surface area contributed by atoms with Crippen LogP contribution in [-0.4, -0.2) is 36.8 Å². The molecule has 0 radical (unpaired) electrons. The minimum Gasteiger partial charge on any atom is -0.467 e. The molecule has 2 rings (SSSR count). The molecule has 0 saturated carbocycles. The van der Waals surface area contributed by atoms with Gasteiger partial charge in [-0.2, -0.15) is 0 Å². The van der Waals surface area contributed by atoms with Crippen LogP contribution in [0.2, 0.25) is 0 Å². The Hall–Kier alpha value is -2.68. The van der Waals surface area contributed by atoms with Crippen LogP contribution in [0, 0.1) is 16.0 Å². The summed E-state index contributed by atoms with van der Waals surface area (Å²) in [6.45, 7) is 3.65. The van der Waals surface area contributed by atoms with Crippen LogP contribution in [0.3, 0.4) is 0 Å². The van der Waals surface area contributed by atoms with E-state index < -0.39 is 27.0 Å². The number of nitro benzene ring substituents is 1. The molecular weight excluding hydrogens is 348 g/mol. The van der Waals surface area contributed by atoms with Crippen molar-refractivity contribution in [2.45, 2.75) is 23.8 Å². The predicted octanol–water partition coefficient (Wildman–Crippen LogP) is 2.24. The first kappa shape index (κ1) is 18.7. The van der Waals surface area contributed by atoms with Gasteiger partial charge in [-0.15, -0.1) is 6.58 Å². The number of non-ortho nitro benzene ring substituents is 1. The Morgan fingerprint density at radius 2 is 2.08 bits per heavy atom. The molecule has 2 atom stereocenters. The number of sulfonamides is 1. The summed E-state index contributed by atoms with van der Waals surface area (Å²) in [6.07, 6.45) is 5.61. The molecule has 0 unspecified atom stereocenters. The van der Waals surface area contributed by atoms with E-state index in [4.69, 9.17) is 4.74 Å². The molecule has 0 amide bonds. The van der Waals surface area contributed by atoms with Crippen LogP contribution in [0.4, 0.5) is 5.69 Å². The molecule has 0 aliphatic carbocycles. The van der Waals surface area contributed by atoms with E-state index in [9.17, 15) is 23.3 Å². The van der Waals surface area contributed by atoms with Crippen LogP contribution in [0.15, 0.2) is 54.1 Å². The SMILES string of the molecule is C=CC[C@@H]1C=CN(S(=O)(=O)c2ccc([N+](=O)[O-])cc2)[C@H](C(=O)OC)C1. The molecule has 0 saturated heterocycles. The summed E-state index contributed by atoms with van der Waals surface area (Å²) in [6, 6.07) is 3.50. The number of benzene rings is 1. The summed E-state index contributed by atoms with van der Waals surface area (Å²) in [4.78, 5) is 22.0. The number of rotatable bonds is 6. The lowest BCUT2D eigenvalue weighted by Crippen LogP contribution is -2.45. The third kappa shape index (κ3) is 3.87. The van der Waals surface area contributed by atoms with Crippen molar-refractivity contribution in [2.24, 2.45) is 5.92 Å². The van der Waals surface area contributed by atoms with Gasteiger partial charge in [-0.3, -0.25) is 14.4 Å². The summed E-state index contributed by atoms with van der Waals surface area (Å²) in [5.74, 6) is -0.686.